The van der Waals surface area contributed by atoms with Crippen LogP contribution >= 0.6 is 23.8 Å². The highest BCUT2D eigenvalue weighted by molar-refractivity contribution is 7.80. The number of nitrogens with zero attached hydrogens (tertiary/aromatic N) is 1. The summed E-state index contributed by atoms with van der Waals surface area (Å²) in [7, 11) is 0. The zero-order chi connectivity index (χ0) is 20.1. The molecule has 2 aromatic carbocycles. The third kappa shape index (κ3) is 5.23. The molecule has 2 atom stereocenters. The number of morpholine rings is 1. The normalized spacial score (nSPS) is 17.0. The van der Waals surface area contributed by atoms with Crippen molar-refractivity contribution in [3.8, 4) is 0 Å². The Balaban J connectivity index is 1.74. The van der Waals surface area contributed by atoms with Crippen molar-refractivity contribution in [1.82, 2.24) is 10.2 Å². The van der Waals surface area contributed by atoms with E-state index in [2.05, 4.69) is 52.8 Å². The van der Waals surface area contributed by atoms with E-state index in [0.717, 1.165) is 43.1 Å². The van der Waals surface area contributed by atoms with E-state index in [-0.39, 0.29) is 12.1 Å². The Morgan fingerprint density at radius 1 is 1.14 bits per heavy atom. The van der Waals surface area contributed by atoms with Crippen LogP contribution in [0.5, 0.6) is 0 Å². The van der Waals surface area contributed by atoms with E-state index in [1.54, 1.807) is 0 Å². The van der Waals surface area contributed by atoms with Gasteiger partial charge in [0.15, 0.2) is 5.11 Å². The zero-order valence-corrected chi connectivity index (χ0v) is 18.2. The molecule has 0 aromatic heterocycles. The summed E-state index contributed by atoms with van der Waals surface area (Å²) in [6, 6.07) is 14.9. The Hall–Kier alpha value is -1.66. The predicted octanol–water partition coefficient (Wildman–Crippen LogP) is 4.71. The second-order valence-electron chi connectivity index (χ2n) is 7.33. The smallest absolute Gasteiger partial charge is 0.171 e. The highest BCUT2D eigenvalue weighted by Crippen LogP contribution is 2.28. The van der Waals surface area contributed by atoms with Crippen LogP contribution in [0.3, 0.4) is 0 Å². The number of hydrogen-bond donors (Lipinski definition) is 2. The van der Waals surface area contributed by atoms with Crippen molar-refractivity contribution in [2.75, 3.05) is 31.6 Å². The zero-order valence-electron chi connectivity index (χ0n) is 16.7. The van der Waals surface area contributed by atoms with Crippen LogP contribution in [0, 0.1) is 13.8 Å². The summed E-state index contributed by atoms with van der Waals surface area (Å²) < 4.78 is 5.55. The number of ether oxygens (including phenoxy) is 1. The second kappa shape index (κ2) is 9.70. The lowest BCUT2D eigenvalue weighted by Crippen LogP contribution is -2.49. The maximum Gasteiger partial charge on any atom is 0.171 e. The second-order valence-corrected chi connectivity index (χ2v) is 8.15. The lowest BCUT2D eigenvalue weighted by molar-refractivity contribution is 0.0102. The molecule has 1 saturated heterocycles. The number of benzene rings is 2. The molecule has 1 heterocycles. The number of anilines is 1. The molecule has 1 aliphatic heterocycles. The molecule has 3 rings (SSSR count). The summed E-state index contributed by atoms with van der Waals surface area (Å²) in [5.41, 5.74) is 4.35. The van der Waals surface area contributed by atoms with Crippen LogP contribution in [0.25, 0.3) is 0 Å². The largest absolute Gasteiger partial charge is 0.379 e. The maximum absolute atomic E-state index is 6.42. The SMILES string of the molecule is Cc1cc(C)c(NC(=S)N[C@@H](C)[C@H](c2ccccc2)N2CCOCC2)c(Cl)c1. The minimum absolute atomic E-state index is 0.116. The van der Waals surface area contributed by atoms with E-state index in [9.17, 15) is 0 Å². The van der Waals surface area contributed by atoms with Crippen molar-refractivity contribution in [2.45, 2.75) is 32.9 Å². The Kier molecular flexibility index (Phi) is 7.30. The maximum atomic E-state index is 6.42. The van der Waals surface area contributed by atoms with E-state index >= 15 is 0 Å². The molecular formula is C22H28ClN3OS. The van der Waals surface area contributed by atoms with Crippen molar-refractivity contribution in [3.05, 3.63) is 64.2 Å². The summed E-state index contributed by atoms with van der Waals surface area (Å²) in [5.74, 6) is 0. The molecule has 6 heteroatoms. The molecule has 0 aliphatic carbocycles. The fourth-order valence-corrected chi connectivity index (χ4v) is 4.49. The number of thiocarbonyl (C=S) groups is 1. The summed E-state index contributed by atoms with van der Waals surface area (Å²) in [4.78, 5) is 2.46. The number of halogens is 1. The van der Waals surface area contributed by atoms with E-state index in [0.29, 0.717) is 10.1 Å². The van der Waals surface area contributed by atoms with Gasteiger partial charge in [-0.2, -0.15) is 0 Å². The Morgan fingerprint density at radius 2 is 1.82 bits per heavy atom. The van der Waals surface area contributed by atoms with Gasteiger partial charge in [-0.1, -0.05) is 48.0 Å². The van der Waals surface area contributed by atoms with Crippen molar-refractivity contribution in [1.29, 1.82) is 0 Å². The van der Waals surface area contributed by atoms with E-state index in [1.165, 1.54) is 5.56 Å². The van der Waals surface area contributed by atoms with Gasteiger partial charge in [0.2, 0.25) is 0 Å². The predicted molar refractivity (Wildman–Crippen MR) is 121 cm³/mol. The lowest BCUT2D eigenvalue weighted by Gasteiger charge is -2.38. The Labute approximate surface area is 178 Å². The van der Waals surface area contributed by atoms with Gasteiger partial charge in [-0.3, -0.25) is 4.90 Å². The van der Waals surface area contributed by atoms with E-state index in [1.807, 2.05) is 26.0 Å². The van der Waals surface area contributed by atoms with E-state index in [4.69, 9.17) is 28.6 Å². The first-order valence-corrected chi connectivity index (χ1v) is 10.5. The summed E-state index contributed by atoms with van der Waals surface area (Å²) >= 11 is 12.0. The van der Waals surface area contributed by atoms with Crippen LogP contribution in [0.4, 0.5) is 5.69 Å². The van der Waals surface area contributed by atoms with Crippen LogP contribution in [0.2, 0.25) is 5.02 Å². The van der Waals surface area contributed by atoms with Gasteiger partial charge in [-0.05, 0) is 55.7 Å². The summed E-state index contributed by atoms with van der Waals surface area (Å²) in [6.45, 7) is 9.59. The number of aryl methyl sites for hydroxylation is 2. The molecule has 1 aliphatic rings. The first-order valence-electron chi connectivity index (χ1n) is 9.66. The van der Waals surface area contributed by atoms with Crippen molar-refractivity contribution in [3.63, 3.8) is 0 Å². The van der Waals surface area contributed by atoms with Gasteiger partial charge in [-0.15, -0.1) is 0 Å². The van der Waals surface area contributed by atoms with Gasteiger partial charge in [0, 0.05) is 19.1 Å². The topological polar surface area (TPSA) is 36.5 Å². The highest BCUT2D eigenvalue weighted by Gasteiger charge is 2.28. The van der Waals surface area contributed by atoms with Gasteiger partial charge in [0.25, 0.3) is 0 Å². The molecule has 0 bridgehead atoms. The molecule has 0 saturated carbocycles. The van der Waals surface area contributed by atoms with Gasteiger partial charge in [-0.25, -0.2) is 0 Å². The van der Waals surface area contributed by atoms with Crippen LogP contribution in [-0.4, -0.2) is 42.4 Å². The number of nitrogens with one attached hydrogen (secondary N) is 2. The van der Waals surface area contributed by atoms with Gasteiger partial charge in [0.05, 0.1) is 30.0 Å². The molecule has 0 radical (unpaired) electrons. The first kappa shape index (κ1) is 21.1. The molecule has 4 nitrogen and oxygen atoms in total. The molecule has 2 aromatic rings. The molecule has 150 valence electrons. The van der Waals surface area contributed by atoms with Gasteiger partial charge in [0.1, 0.15) is 0 Å². The van der Waals surface area contributed by atoms with Crippen LogP contribution in [0.1, 0.15) is 29.7 Å². The molecule has 1 fully saturated rings. The molecule has 28 heavy (non-hydrogen) atoms. The third-order valence-corrected chi connectivity index (χ3v) is 5.60. The fraction of sp³-hybridized carbons (Fsp3) is 0.409. The number of hydrogen-bond acceptors (Lipinski definition) is 3. The average molecular weight is 418 g/mol. The van der Waals surface area contributed by atoms with Crippen LogP contribution in [-0.2, 0) is 4.74 Å². The van der Waals surface area contributed by atoms with Crippen molar-refractivity contribution in [2.24, 2.45) is 0 Å². The quantitative estimate of drug-likeness (QED) is 0.689. The summed E-state index contributed by atoms with van der Waals surface area (Å²) in [6.07, 6.45) is 0. The lowest BCUT2D eigenvalue weighted by atomic mass is 9.98. The minimum Gasteiger partial charge on any atom is -0.379 e. The average Bonchev–Trinajstić information content (AvgIpc) is 2.66. The van der Waals surface area contributed by atoms with Crippen molar-refractivity contribution >= 4 is 34.6 Å². The molecule has 0 amide bonds. The van der Waals surface area contributed by atoms with Crippen LogP contribution < -0.4 is 10.6 Å². The Morgan fingerprint density at radius 3 is 2.46 bits per heavy atom. The standard InChI is InChI=1S/C22H28ClN3OS/c1-15-13-16(2)20(19(23)14-15)25-22(28)24-17(3)21(18-7-5-4-6-8-18)26-9-11-27-12-10-26/h4-8,13-14,17,21H,9-12H2,1-3H3,(H2,24,25,28)/t17-,21+/m0/s1. The molecule has 2 N–H and O–H groups in total. The summed E-state index contributed by atoms with van der Waals surface area (Å²) in [5, 5.41) is 8.03. The van der Waals surface area contributed by atoms with Gasteiger partial charge < -0.3 is 15.4 Å². The van der Waals surface area contributed by atoms with Gasteiger partial charge >= 0.3 is 0 Å². The minimum atomic E-state index is 0.116. The van der Waals surface area contributed by atoms with Crippen LogP contribution in [0.15, 0.2) is 42.5 Å². The monoisotopic (exact) mass is 417 g/mol. The fourth-order valence-electron chi connectivity index (χ4n) is 3.83. The Bertz CT molecular complexity index is 786. The third-order valence-electron chi connectivity index (χ3n) is 5.08. The molecule has 0 spiro atoms. The van der Waals surface area contributed by atoms with E-state index < -0.39 is 0 Å². The molecule has 0 unspecified atom stereocenters. The highest BCUT2D eigenvalue weighted by atomic mass is 35.5. The molecular weight excluding hydrogens is 390 g/mol. The number of rotatable bonds is 5. The van der Waals surface area contributed by atoms with Crippen molar-refractivity contribution < 1.29 is 4.74 Å². The first-order chi connectivity index (χ1) is 13.5.